The first-order valence-corrected chi connectivity index (χ1v) is 6.10. The molecule has 0 aromatic rings. The van der Waals surface area contributed by atoms with Gasteiger partial charge in [-0.05, 0) is 12.8 Å². The molecule has 1 saturated heterocycles. The first-order valence-electron chi connectivity index (χ1n) is 5.22. The van der Waals surface area contributed by atoms with Gasteiger partial charge in [-0.25, -0.2) is 0 Å². The third kappa shape index (κ3) is 2.11. The minimum Gasteiger partial charge on any atom is -0.420 e. The molecule has 4 heteroatoms. The molecule has 1 unspecified atom stereocenters. The average molecular weight is 236 g/mol. The topological polar surface area (TPSA) is 43.4 Å². The van der Waals surface area contributed by atoms with E-state index in [1.165, 1.54) is 0 Å². The molecule has 0 amide bonds. The maximum Gasteiger partial charge on any atom is 0.325 e. The highest BCUT2D eigenvalue weighted by Crippen LogP contribution is 2.30. The summed E-state index contributed by atoms with van der Waals surface area (Å²) in [5.41, 5.74) is 0.687. The Labute approximate surface area is 98.2 Å². The number of carbonyl (C=O) groups excluding carboxylic acids is 2. The van der Waals surface area contributed by atoms with Crippen LogP contribution in [0.1, 0.15) is 19.8 Å². The van der Waals surface area contributed by atoms with Crippen molar-refractivity contribution in [2.24, 2.45) is 0 Å². The van der Waals surface area contributed by atoms with Crippen LogP contribution in [-0.4, -0.2) is 16.3 Å². The summed E-state index contributed by atoms with van der Waals surface area (Å²) in [5.74, 6) is -0.145. The monoisotopic (exact) mass is 236 g/mol. The quantitative estimate of drug-likeness (QED) is 0.518. The number of allylic oxidation sites excluding steroid dienone is 5. The van der Waals surface area contributed by atoms with Gasteiger partial charge in [0.1, 0.15) is 5.25 Å². The minimum absolute atomic E-state index is 0.155. The highest BCUT2D eigenvalue weighted by atomic mass is 32.2. The van der Waals surface area contributed by atoms with Crippen molar-refractivity contribution >= 4 is 22.8 Å². The molecule has 3 nitrogen and oxygen atoms in total. The molecule has 1 aliphatic heterocycles. The van der Waals surface area contributed by atoms with E-state index >= 15 is 0 Å². The SMILES string of the molecule is CCC1SC(=O)C(=C2C=CCC=C2)OC1=O. The van der Waals surface area contributed by atoms with E-state index in [1.54, 1.807) is 0 Å². The zero-order chi connectivity index (χ0) is 11.5. The Morgan fingerprint density at radius 3 is 2.69 bits per heavy atom. The van der Waals surface area contributed by atoms with E-state index in [0.29, 0.717) is 12.0 Å². The number of thioether (sulfide) groups is 1. The fourth-order valence-corrected chi connectivity index (χ4v) is 2.38. The Morgan fingerprint density at radius 1 is 1.38 bits per heavy atom. The van der Waals surface area contributed by atoms with Crippen LogP contribution in [0.15, 0.2) is 35.6 Å². The minimum atomic E-state index is -0.353. The highest BCUT2D eigenvalue weighted by molar-refractivity contribution is 8.15. The summed E-state index contributed by atoms with van der Waals surface area (Å²) in [7, 11) is 0. The molecule has 0 aromatic carbocycles. The van der Waals surface area contributed by atoms with Crippen molar-refractivity contribution in [2.75, 3.05) is 0 Å². The van der Waals surface area contributed by atoms with Crippen molar-refractivity contribution in [3.63, 3.8) is 0 Å². The predicted molar refractivity (Wildman–Crippen MR) is 62.7 cm³/mol. The van der Waals surface area contributed by atoms with Crippen LogP contribution in [0.5, 0.6) is 0 Å². The molecule has 1 atom stereocenters. The van der Waals surface area contributed by atoms with Crippen molar-refractivity contribution in [1.82, 2.24) is 0 Å². The van der Waals surface area contributed by atoms with Gasteiger partial charge in [-0.3, -0.25) is 9.59 Å². The smallest absolute Gasteiger partial charge is 0.325 e. The van der Waals surface area contributed by atoms with E-state index in [9.17, 15) is 9.59 Å². The van der Waals surface area contributed by atoms with Gasteiger partial charge in [0.15, 0.2) is 5.76 Å². The Morgan fingerprint density at radius 2 is 2.06 bits per heavy atom. The summed E-state index contributed by atoms with van der Waals surface area (Å²) < 4.78 is 5.11. The molecule has 84 valence electrons. The van der Waals surface area contributed by atoms with Gasteiger partial charge < -0.3 is 4.74 Å². The van der Waals surface area contributed by atoms with E-state index in [2.05, 4.69) is 0 Å². The molecule has 0 saturated carbocycles. The van der Waals surface area contributed by atoms with Gasteiger partial charge in [-0.15, -0.1) is 0 Å². The Kier molecular flexibility index (Phi) is 3.29. The van der Waals surface area contributed by atoms with Crippen LogP contribution in [-0.2, 0) is 14.3 Å². The molecule has 1 aliphatic carbocycles. The van der Waals surface area contributed by atoms with Crippen molar-refractivity contribution in [3.8, 4) is 0 Å². The van der Waals surface area contributed by atoms with Crippen LogP contribution in [0.25, 0.3) is 0 Å². The van der Waals surface area contributed by atoms with E-state index in [1.807, 2.05) is 31.2 Å². The first-order chi connectivity index (χ1) is 7.72. The molecule has 1 heterocycles. The van der Waals surface area contributed by atoms with Crippen LogP contribution in [0, 0.1) is 0 Å². The molecule has 0 N–H and O–H groups in total. The van der Waals surface area contributed by atoms with E-state index in [-0.39, 0.29) is 22.1 Å². The first kappa shape index (κ1) is 11.2. The lowest BCUT2D eigenvalue weighted by Gasteiger charge is -2.21. The summed E-state index contributed by atoms with van der Waals surface area (Å²) in [6.45, 7) is 1.87. The van der Waals surface area contributed by atoms with Crippen LogP contribution >= 0.6 is 11.8 Å². The Balaban J connectivity index is 2.27. The third-order valence-corrected chi connectivity index (χ3v) is 3.61. The zero-order valence-corrected chi connectivity index (χ0v) is 9.75. The van der Waals surface area contributed by atoms with Gasteiger partial charge in [-0.1, -0.05) is 43.0 Å². The molecule has 2 aliphatic rings. The molecule has 0 spiro atoms. The third-order valence-electron chi connectivity index (χ3n) is 2.40. The van der Waals surface area contributed by atoms with Crippen LogP contribution in [0.4, 0.5) is 0 Å². The normalized spacial score (nSPS) is 24.9. The van der Waals surface area contributed by atoms with Gasteiger partial charge in [0.2, 0.25) is 0 Å². The van der Waals surface area contributed by atoms with Crippen LogP contribution < -0.4 is 0 Å². The Bertz CT molecular complexity index is 404. The zero-order valence-electron chi connectivity index (χ0n) is 8.93. The maximum atomic E-state index is 11.8. The maximum absolute atomic E-state index is 11.8. The summed E-state index contributed by atoms with van der Waals surface area (Å²) in [6.07, 6.45) is 8.95. The number of hydrogen-bond acceptors (Lipinski definition) is 4. The highest BCUT2D eigenvalue weighted by Gasteiger charge is 2.33. The summed E-state index contributed by atoms with van der Waals surface area (Å²) in [5, 5.41) is -0.508. The van der Waals surface area contributed by atoms with Gasteiger partial charge in [0.05, 0.1) is 0 Å². The summed E-state index contributed by atoms with van der Waals surface area (Å²) in [4.78, 5) is 23.3. The second-order valence-electron chi connectivity index (χ2n) is 3.55. The number of carbonyl (C=O) groups is 2. The average Bonchev–Trinajstić information content (AvgIpc) is 2.32. The number of ether oxygens (including phenoxy) is 1. The fraction of sp³-hybridized carbons (Fsp3) is 0.333. The molecule has 0 bridgehead atoms. The predicted octanol–water partition coefficient (Wildman–Crippen LogP) is 2.35. The fourth-order valence-electron chi connectivity index (χ4n) is 1.54. The molecule has 16 heavy (non-hydrogen) atoms. The van der Waals surface area contributed by atoms with E-state index in [4.69, 9.17) is 4.74 Å². The second kappa shape index (κ2) is 4.70. The molecule has 0 aromatic heterocycles. The van der Waals surface area contributed by atoms with E-state index < -0.39 is 0 Å². The van der Waals surface area contributed by atoms with Crippen molar-refractivity contribution in [2.45, 2.75) is 25.0 Å². The van der Waals surface area contributed by atoms with Gasteiger partial charge >= 0.3 is 5.97 Å². The molecule has 2 rings (SSSR count). The van der Waals surface area contributed by atoms with Crippen LogP contribution in [0.3, 0.4) is 0 Å². The van der Waals surface area contributed by atoms with E-state index in [0.717, 1.165) is 18.2 Å². The van der Waals surface area contributed by atoms with Crippen molar-refractivity contribution in [3.05, 3.63) is 35.6 Å². The van der Waals surface area contributed by atoms with Gasteiger partial charge in [0, 0.05) is 5.57 Å². The number of cyclic esters (lactones) is 1. The lowest BCUT2D eigenvalue weighted by atomic mass is 10.1. The summed E-state index contributed by atoms with van der Waals surface area (Å²) in [6, 6.07) is 0. The number of rotatable bonds is 1. The Hall–Kier alpha value is -1.29. The number of hydrogen-bond donors (Lipinski definition) is 0. The molecule has 0 radical (unpaired) electrons. The molecule has 1 fully saturated rings. The van der Waals surface area contributed by atoms with Crippen LogP contribution in [0.2, 0.25) is 0 Å². The second-order valence-corrected chi connectivity index (χ2v) is 4.72. The van der Waals surface area contributed by atoms with Crippen molar-refractivity contribution in [1.29, 1.82) is 0 Å². The number of esters is 1. The van der Waals surface area contributed by atoms with Gasteiger partial charge in [-0.2, -0.15) is 0 Å². The largest absolute Gasteiger partial charge is 0.420 e. The van der Waals surface area contributed by atoms with Gasteiger partial charge in [0.25, 0.3) is 5.12 Å². The standard InChI is InChI=1S/C12H12O3S/c1-2-9-11(13)15-10(12(14)16-9)8-6-4-3-5-7-8/h4-7,9H,2-3H2,1H3. The molecular weight excluding hydrogens is 224 g/mol. The molecular formula is C12H12O3S. The lowest BCUT2D eigenvalue weighted by molar-refractivity contribution is -0.142. The summed E-state index contributed by atoms with van der Waals surface area (Å²) >= 11 is 1.06. The van der Waals surface area contributed by atoms with Crippen molar-refractivity contribution < 1.29 is 14.3 Å². The lowest BCUT2D eigenvalue weighted by Crippen LogP contribution is -2.29.